The van der Waals surface area contributed by atoms with Crippen molar-refractivity contribution >= 4 is 5.91 Å². The fourth-order valence-electron chi connectivity index (χ4n) is 2.63. The third-order valence-electron chi connectivity index (χ3n) is 3.90. The smallest absolute Gasteiger partial charge is 0.222 e. The van der Waals surface area contributed by atoms with E-state index < -0.39 is 0 Å². The average Bonchev–Trinajstić information content (AvgIpc) is 3.23. The number of ether oxygens (including phenoxy) is 1. The van der Waals surface area contributed by atoms with Crippen LogP contribution in [0.1, 0.15) is 30.1 Å². The molecule has 3 rings (SSSR count). The van der Waals surface area contributed by atoms with Gasteiger partial charge in [-0.05, 0) is 18.4 Å². The number of aromatic amines is 1. The Bertz CT molecular complexity index is 613. The topological polar surface area (TPSA) is 96.9 Å². The van der Waals surface area contributed by atoms with Crippen molar-refractivity contribution in [3.05, 3.63) is 29.7 Å². The molecule has 2 aromatic heterocycles. The highest BCUT2D eigenvalue weighted by atomic mass is 16.5. The second-order valence-corrected chi connectivity index (χ2v) is 5.30. The molecule has 1 fully saturated rings. The summed E-state index contributed by atoms with van der Waals surface area (Å²) in [6.45, 7) is 1.41. The Morgan fingerprint density at radius 1 is 1.50 bits per heavy atom. The molecule has 0 bridgehead atoms. The fourth-order valence-corrected chi connectivity index (χ4v) is 2.63. The van der Waals surface area contributed by atoms with E-state index >= 15 is 0 Å². The van der Waals surface area contributed by atoms with Gasteiger partial charge in [-0.1, -0.05) is 11.3 Å². The molecule has 0 saturated carbocycles. The van der Waals surface area contributed by atoms with E-state index in [2.05, 4.69) is 25.6 Å². The molecule has 116 valence electrons. The van der Waals surface area contributed by atoms with Gasteiger partial charge >= 0.3 is 0 Å². The van der Waals surface area contributed by atoms with E-state index in [4.69, 9.17) is 4.74 Å². The van der Waals surface area contributed by atoms with Crippen molar-refractivity contribution in [3.63, 3.8) is 0 Å². The second kappa shape index (κ2) is 6.50. The zero-order chi connectivity index (χ0) is 15.4. The maximum atomic E-state index is 12.3. The van der Waals surface area contributed by atoms with Gasteiger partial charge in [0.25, 0.3) is 0 Å². The Morgan fingerprint density at radius 2 is 2.41 bits per heavy atom. The van der Waals surface area contributed by atoms with E-state index in [0.29, 0.717) is 31.1 Å². The summed E-state index contributed by atoms with van der Waals surface area (Å²) in [5.41, 5.74) is 1.03. The van der Waals surface area contributed by atoms with Gasteiger partial charge in [0, 0.05) is 37.7 Å². The number of hydrogen-bond acceptors (Lipinski definition) is 6. The number of tetrazole rings is 1. The standard InChI is InChI=1S/C14H18N6O2/c1-22-12-4-2-10(8-15-12)3-5-13(21)20-7-6-11(9-20)14-16-18-19-17-14/h2,4,8,11H,3,5-7,9H2,1H3,(H,16,17,18,19). The molecule has 8 heteroatoms. The number of H-pyrrole nitrogens is 1. The largest absolute Gasteiger partial charge is 0.481 e. The minimum atomic E-state index is 0.154. The zero-order valence-corrected chi connectivity index (χ0v) is 12.4. The summed E-state index contributed by atoms with van der Waals surface area (Å²) in [6.07, 6.45) is 3.79. The molecule has 0 radical (unpaired) electrons. The summed E-state index contributed by atoms with van der Waals surface area (Å²) in [5.74, 6) is 1.61. The number of aromatic nitrogens is 5. The molecule has 8 nitrogen and oxygen atoms in total. The first kappa shape index (κ1) is 14.4. The van der Waals surface area contributed by atoms with Crippen molar-refractivity contribution in [1.82, 2.24) is 30.5 Å². The van der Waals surface area contributed by atoms with Crippen LogP contribution in [0.4, 0.5) is 0 Å². The minimum absolute atomic E-state index is 0.154. The van der Waals surface area contributed by atoms with Crippen LogP contribution in [0.3, 0.4) is 0 Å². The van der Waals surface area contributed by atoms with Crippen LogP contribution in [0.25, 0.3) is 0 Å². The number of aryl methyl sites for hydroxylation is 1. The molecule has 1 aliphatic rings. The lowest BCUT2D eigenvalue weighted by molar-refractivity contribution is -0.130. The highest BCUT2D eigenvalue weighted by Gasteiger charge is 2.29. The summed E-state index contributed by atoms with van der Waals surface area (Å²) in [7, 11) is 1.58. The van der Waals surface area contributed by atoms with Gasteiger partial charge in [-0.25, -0.2) is 4.98 Å². The van der Waals surface area contributed by atoms with Gasteiger partial charge in [-0.2, -0.15) is 5.21 Å². The zero-order valence-electron chi connectivity index (χ0n) is 12.4. The first-order chi connectivity index (χ1) is 10.8. The van der Waals surface area contributed by atoms with E-state index in [1.807, 2.05) is 17.0 Å². The van der Waals surface area contributed by atoms with Crippen molar-refractivity contribution < 1.29 is 9.53 Å². The first-order valence-corrected chi connectivity index (χ1v) is 7.26. The van der Waals surface area contributed by atoms with Crippen LogP contribution >= 0.6 is 0 Å². The van der Waals surface area contributed by atoms with Crippen molar-refractivity contribution in [2.75, 3.05) is 20.2 Å². The molecule has 1 aliphatic heterocycles. The number of nitrogens with one attached hydrogen (secondary N) is 1. The lowest BCUT2D eigenvalue weighted by Gasteiger charge is -2.15. The van der Waals surface area contributed by atoms with Crippen LogP contribution < -0.4 is 4.74 Å². The molecule has 22 heavy (non-hydrogen) atoms. The number of rotatable bonds is 5. The summed E-state index contributed by atoms with van der Waals surface area (Å²) in [5, 5.41) is 14.0. The predicted octanol–water partition coefficient (Wildman–Crippen LogP) is 0.552. The number of methoxy groups -OCH3 is 1. The lowest BCUT2D eigenvalue weighted by Crippen LogP contribution is -2.28. The predicted molar refractivity (Wildman–Crippen MR) is 77.2 cm³/mol. The van der Waals surface area contributed by atoms with Gasteiger partial charge in [-0.15, -0.1) is 10.2 Å². The molecule has 1 saturated heterocycles. The molecule has 0 aromatic carbocycles. The van der Waals surface area contributed by atoms with Crippen molar-refractivity contribution in [2.45, 2.75) is 25.2 Å². The molecule has 0 spiro atoms. The molecule has 2 aromatic rings. The molecular formula is C14H18N6O2. The van der Waals surface area contributed by atoms with Crippen molar-refractivity contribution in [3.8, 4) is 5.88 Å². The number of carbonyl (C=O) groups excluding carboxylic acids is 1. The highest BCUT2D eigenvalue weighted by molar-refractivity contribution is 5.76. The van der Waals surface area contributed by atoms with Crippen LogP contribution in [0.5, 0.6) is 5.88 Å². The van der Waals surface area contributed by atoms with Gasteiger partial charge in [0.1, 0.15) is 0 Å². The third kappa shape index (κ3) is 3.21. The van der Waals surface area contributed by atoms with Gasteiger partial charge in [0.2, 0.25) is 11.8 Å². The Labute approximate surface area is 127 Å². The first-order valence-electron chi connectivity index (χ1n) is 7.26. The third-order valence-corrected chi connectivity index (χ3v) is 3.90. The molecular weight excluding hydrogens is 284 g/mol. The van der Waals surface area contributed by atoms with E-state index in [0.717, 1.165) is 18.5 Å². The minimum Gasteiger partial charge on any atom is -0.481 e. The summed E-state index contributed by atoms with van der Waals surface area (Å²) >= 11 is 0. The Hall–Kier alpha value is -2.51. The normalized spacial score (nSPS) is 17.7. The van der Waals surface area contributed by atoms with Crippen LogP contribution in [0.15, 0.2) is 18.3 Å². The molecule has 1 amide bonds. The SMILES string of the molecule is COc1ccc(CCC(=O)N2CCC(c3nn[nH]n3)C2)cn1. The summed E-state index contributed by atoms with van der Waals surface area (Å²) in [6, 6.07) is 3.74. The highest BCUT2D eigenvalue weighted by Crippen LogP contribution is 2.24. The van der Waals surface area contributed by atoms with Crippen LogP contribution in [-0.4, -0.2) is 56.6 Å². The molecule has 1 atom stereocenters. The van der Waals surface area contributed by atoms with Gasteiger partial charge < -0.3 is 9.64 Å². The molecule has 1 unspecified atom stereocenters. The molecule has 1 N–H and O–H groups in total. The Morgan fingerprint density at radius 3 is 3.09 bits per heavy atom. The van der Waals surface area contributed by atoms with Crippen LogP contribution in [0.2, 0.25) is 0 Å². The second-order valence-electron chi connectivity index (χ2n) is 5.30. The summed E-state index contributed by atoms with van der Waals surface area (Å²) < 4.78 is 5.02. The van der Waals surface area contributed by atoms with E-state index in [-0.39, 0.29) is 11.8 Å². The van der Waals surface area contributed by atoms with Gasteiger partial charge in [0.15, 0.2) is 5.82 Å². The number of carbonyl (C=O) groups is 1. The van der Waals surface area contributed by atoms with E-state index in [1.54, 1.807) is 13.3 Å². The van der Waals surface area contributed by atoms with Crippen LogP contribution in [0, 0.1) is 0 Å². The van der Waals surface area contributed by atoms with Gasteiger partial charge in [-0.3, -0.25) is 4.79 Å². The maximum Gasteiger partial charge on any atom is 0.222 e. The number of amides is 1. The van der Waals surface area contributed by atoms with Crippen molar-refractivity contribution in [2.24, 2.45) is 0 Å². The summed E-state index contributed by atoms with van der Waals surface area (Å²) in [4.78, 5) is 18.3. The lowest BCUT2D eigenvalue weighted by atomic mass is 10.1. The average molecular weight is 302 g/mol. The quantitative estimate of drug-likeness (QED) is 0.866. The number of hydrogen-bond donors (Lipinski definition) is 1. The van der Waals surface area contributed by atoms with E-state index in [1.165, 1.54) is 0 Å². The van der Waals surface area contributed by atoms with Crippen molar-refractivity contribution in [1.29, 1.82) is 0 Å². The Balaban J connectivity index is 1.50. The fraction of sp³-hybridized carbons (Fsp3) is 0.500. The number of nitrogens with zero attached hydrogens (tertiary/aromatic N) is 5. The van der Waals surface area contributed by atoms with E-state index in [9.17, 15) is 4.79 Å². The monoisotopic (exact) mass is 302 g/mol. The van der Waals surface area contributed by atoms with Crippen LogP contribution in [-0.2, 0) is 11.2 Å². The number of likely N-dealkylation sites (tertiary alicyclic amines) is 1. The Kier molecular flexibility index (Phi) is 4.27. The van der Waals surface area contributed by atoms with Gasteiger partial charge in [0.05, 0.1) is 7.11 Å². The molecule has 0 aliphatic carbocycles. The number of pyridine rings is 1. The maximum absolute atomic E-state index is 12.3. The molecule has 3 heterocycles.